The molecule has 0 spiro atoms. The number of aromatic nitrogens is 4. The van der Waals surface area contributed by atoms with Crippen molar-refractivity contribution < 1.29 is 24.5 Å². The summed E-state index contributed by atoms with van der Waals surface area (Å²) in [6.07, 6.45) is 5.12. The van der Waals surface area contributed by atoms with E-state index in [-0.39, 0.29) is 31.9 Å². The van der Waals surface area contributed by atoms with Crippen LogP contribution in [0.5, 0.6) is 0 Å². The Hall–Kier alpha value is -5.46. The Kier molecular flexibility index (Phi) is 13.3. The van der Waals surface area contributed by atoms with E-state index in [1.807, 2.05) is 54.7 Å². The minimum absolute atomic E-state index is 0. The van der Waals surface area contributed by atoms with Crippen LogP contribution in [0.4, 0.5) is 0 Å². The molecule has 0 aliphatic carbocycles. The Morgan fingerprint density at radius 3 is 2.06 bits per heavy atom. The van der Waals surface area contributed by atoms with Gasteiger partial charge in [-0.2, -0.15) is 0 Å². The first-order valence-corrected chi connectivity index (χ1v) is 25.2. The third kappa shape index (κ3) is 8.90. The summed E-state index contributed by atoms with van der Waals surface area (Å²) in [5.41, 5.74) is 15.0. The molecule has 0 N–H and O–H groups in total. The van der Waals surface area contributed by atoms with Gasteiger partial charge in [0.05, 0.1) is 25.0 Å². The van der Waals surface area contributed by atoms with Crippen LogP contribution in [-0.4, -0.2) is 27.6 Å². The number of furan rings is 1. The van der Waals surface area contributed by atoms with Gasteiger partial charge in [-0.3, -0.25) is 4.98 Å². The van der Waals surface area contributed by atoms with Gasteiger partial charge in [-0.15, -0.1) is 54.1 Å². The predicted octanol–water partition coefficient (Wildman–Crippen LogP) is 14.3. The predicted molar refractivity (Wildman–Crippen MR) is 259 cm³/mol. The molecule has 0 amide bonds. The minimum Gasteiger partial charge on any atom is -0.501 e. The van der Waals surface area contributed by atoms with Crippen LogP contribution in [0.3, 0.4) is 0 Å². The summed E-state index contributed by atoms with van der Waals surface area (Å²) in [5, 5.41) is 3.64. The van der Waals surface area contributed by atoms with Gasteiger partial charge < -0.3 is 14.0 Å². The standard InChI is InChI=1S/C37H32N3O.C18H24NSi.Ir/c1-22(2)30-20-26(25-12-7-6-8-13-25)21-31(23(3)4)34(30)40-36(39-33-24(5)18-19-38-37(33)40)29-16-11-15-28-27-14-9-10-17-32(27)41-35(28)29;1-14(2)11-16-12-17(15-9-7-6-8-10-15)19-13-18(16)20(3,4)5;/h6-15,17-23H,1-5H3;6-9,12-14H,11H2,1-5H3;/q2*-1;. The number of fused-ring (bicyclic) bond motifs is 4. The minimum atomic E-state index is -1.34. The molecule has 9 aromatic rings. The first kappa shape index (κ1) is 44.6. The summed E-state index contributed by atoms with van der Waals surface area (Å²) < 4.78 is 8.75. The molecule has 5 aromatic carbocycles. The number of imidazole rings is 1. The van der Waals surface area contributed by atoms with Crippen molar-refractivity contribution in [3.63, 3.8) is 0 Å². The van der Waals surface area contributed by atoms with E-state index < -0.39 is 8.07 Å². The summed E-state index contributed by atoms with van der Waals surface area (Å²) in [6.45, 7) is 22.9. The molecule has 0 fully saturated rings. The molecule has 4 aromatic heterocycles. The van der Waals surface area contributed by atoms with Crippen LogP contribution in [0.25, 0.3) is 72.6 Å². The first-order valence-electron chi connectivity index (χ1n) is 21.7. The van der Waals surface area contributed by atoms with Crippen molar-refractivity contribution in [1.82, 2.24) is 19.5 Å². The summed E-state index contributed by atoms with van der Waals surface area (Å²) in [5.74, 6) is 2.00. The van der Waals surface area contributed by atoms with E-state index in [4.69, 9.17) is 14.4 Å². The molecule has 0 aliphatic rings. The van der Waals surface area contributed by atoms with E-state index >= 15 is 0 Å². The van der Waals surface area contributed by atoms with Crippen LogP contribution in [0, 0.1) is 25.0 Å². The van der Waals surface area contributed by atoms with Gasteiger partial charge in [0.25, 0.3) is 0 Å². The molecule has 0 atom stereocenters. The maximum absolute atomic E-state index is 6.48. The zero-order valence-corrected chi connectivity index (χ0v) is 41.0. The number of rotatable bonds is 9. The van der Waals surface area contributed by atoms with Crippen molar-refractivity contribution in [2.24, 2.45) is 5.92 Å². The number of benzene rings is 5. The number of hydrogen-bond acceptors (Lipinski definition) is 4. The molecule has 0 saturated carbocycles. The second-order valence-electron chi connectivity index (χ2n) is 18.3. The van der Waals surface area contributed by atoms with Crippen LogP contribution in [-0.2, 0) is 26.5 Å². The van der Waals surface area contributed by atoms with Gasteiger partial charge >= 0.3 is 0 Å². The van der Waals surface area contributed by atoms with Gasteiger partial charge in [0, 0.05) is 43.6 Å². The second kappa shape index (κ2) is 18.5. The van der Waals surface area contributed by atoms with Crippen molar-refractivity contribution in [2.45, 2.75) is 86.4 Å². The molecule has 317 valence electrons. The zero-order chi connectivity index (χ0) is 43.0. The van der Waals surface area contributed by atoms with Gasteiger partial charge in [-0.1, -0.05) is 132 Å². The van der Waals surface area contributed by atoms with Crippen LogP contribution >= 0.6 is 0 Å². The zero-order valence-electron chi connectivity index (χ0n) is 37.6. The van der Waals surface area contributed by atoms with Crippen LogP contribution in [0.15, 0.2) is 132 Å². The molecule has 5 nitrogen and oxygen atoms in total. The Balaban J connectivity index is 0.000000233. The maximum atomic E-state index is 6.48. The number of pyridine rings is 2. The SMILES string of the molecule is CC(C)Cc1cc(-c2[c-]cccc2)ncc1[Si](C)(C)C.Cc1ccnc2c1nc(-c1[c-]ccc3c1oc1ccccc13)n2-c1c(C(C)C)cc(-c2ccccc2)cc1C(C)C.[Ir]. The van der Waals surface area contributed by atoms with E-state index in [0.717, 1.165) is 73.4 Å². The quantitative estimate of drug-likeness (QED) is 0.107. The van der Waals surface area contributed by atoms with E-state index in [1.165, 1.54) is 33.0 Å². The monoisotopic (exact) mass is 1010 g/mol. The third-order valence-corrected chi connectivity index (χ3v) is 13.5. The molecular weight excluding hydrogens is 953 g/mol. The normalized spacial score (nSPS) is 11.8. The van der Waals surface area contributed by atoms with E-state index in [2.05, 4.69) is 163 Å². The third-order valence-electron chi connectivity index (χ3n) is 11.5. The average Bonchev–Trinajstić information content (AvgIpc) is 3.83. The maximum Gasteiger partial charge on any atom is 0.155 e. The Labute approximate surface area is 382 Å². The van der Waals surface area contributed by atoms with Gasteiger partial charge in [-0.25, -0.2) is 4.98 Å². The van der Waals surface area contributed by atoms with E-state index in [1.54, 1.807) is 0 Å². The molecule has 0 saturated heterocycles. The summed E-state index contributed by atoms with van der Waals surface area (Å²) >= 11 is 0. The first-order chi connectivity index (χ1) is 29.3. The number of hydrogen-bond donors (Lipinski definition) is 0. The molecule has 0 aliphatic heterocycles. The molecule has 4 heterocycles. The fourth-order valence-corrected chi connectivity index (χ4v) is 10.0. The molecule has 62 heavy (non-hydrogen) atoms. The summed E-state index contributed by atoms with van der Waals surface area (Å²) in [4.78, 5) is 14.9. The average molecular weight is 1010 g/mol. The van der Waals surface area contributed by atoms with Crippen LogP contribution < -0.4 is 5.19 Å². The van der Waals surface area contributed by atoms with Crippen molar-refractivity contribution >= 4 is 46.4 Å². The van der Waals surface area contributed by atoms with Gasteiger partial charge in [0.15, 0.2) is 5.65 Å². The Bertz CT molecular complexity index is 2950. The smallest absolute Gasteiger partial charge is 0.155 e. The Morgan fingerprint density at radius 1 is 0.710 bits per heavy atom. The van der Waals surface area contributed by atoms with Gasteiger partial charge in [0.1, 0.15) is 5.58 Å². The van der Waals surface area contributed by atoms with Gasteiger partial charge in [-0.05, 0) is 94.1 Å². The van der Waals surface area contributed by atoms with Crippen molar-refractivity contribution in [1.29, 1.82) is 0 Å². The summed E-state index contributed by atoms with van der Waals surface area (Å²) in [7, 11) is -1.34. The molecule has 9 rings (SSSR count). The number of nitrogens with zero attached hydrogens (tertiary/aromatic N) is 4. The van der Waals surface area contributed by atoms with E-state index in [9.17, 15) is 0 Å². The topological polar surface area (TPSA) is 56.7 Å². The van der Waals surface area contributed by atoms with Gasteiger partial charge in [0.2, 0.25) is 0 Å². The molecular formula is C55H56IrN4OSi-2. The van der Waals surface area contributed by atoms with E-state index in [0.29, 0.717) is 5.92 Å². The largest absolute Gasteiger partial charge is 0.501 e. The second-order valence-corrected chi connectivity index (χ2v) is 23.3. The van der Waals surface area contributed by atoms with Crippen molar-refractivity contribution in [3.05, 3.63) is 162 Å². The number of para-hydroxylation sites is 1. The van der Waals surface area contributed by atoms with Crippen LogP contribution in [0.1, 0.15) is 75.6 Å². The summed E-state index contributed by atoms with van der Waals surface area (Å²) in [6, 6.07) is 46.7. The molecule has 0 unspecified atom stereocenters. The molecule has 7 heteroatoms. The number of aryl methyl sites for hydroxylation is 1. The fraction of sp³-hybridized carbons (Fsp3) is 0.255. The molecule has 1 radical (unpaired) electrons. The Morgan fingerprint density at radius 2 is 1.40 bits per heavy atom. The van der Waals surface area contributed by atoms with Crippen molar-refractivity contribution in [2.75, 3.05) is 0 Å². The fourth-order valence-electron chi connectivity index (χ4n) is 8.43. The molecule has 0 bridgehead atoms. The van der Waals surface area contributed by atoms with Crippen molar-refractivity contribution in [3.8, 4) is 39.5 Å². The van der Waals surface area contributed by atoms with Crippen LogP contribution in [0.2, 0.25) is 19.6 Å².